The van der Waals surface area contributed by atoms with Crippen molar-refractivity contribution in [3.05, 3.63) is 28.0 Å². The zero-order chi connectivity index (χ0) is 15.6. The number of hydrogen-bond acceptors (Lipinski definition) is 2. The molecule has 2 aromatic rings. The molecular formula is C15H19Cl3N2S. The van der Waals surface area contributed by atoms with Crippen LogP contribution in [0.1, 0.15) is 32.5 Å². The Bertz CT molecular complexity index is 627. The van der Waals surface area contributed by atoms with E-state index < -0.39 is 0 Å². The van der Waals surface area contributed by atoms with Crippen molar-refractivity contribution in [3.63, 3.8) is 0 Å². The van der Waals surface area contributed by atoms with Crippen LogP contribution in [-0.4, -0.2) is 20.6 Å². The second kappa shape index (κ2) is 6.99. The molecule has 116 valence electrons. The number of nitrogens with zero attached hydrogens (tertiary/aromatic N) is 2. The molecule has 0 N–H and O–H groups in total. The Balaban J connectivity index is 2.58. The molecule has 0 saturated carbocycles. The zero-order valence-corrected chi connectivity index (χ0v) is 15.5. The first-order valence-electron chi connectivity index (χ1n) is 6.95. The molecule has 0 aliphatic rings. The van der Waals surface area contributed by atoms with Gasteiger partial charge in [-0.1, -0.05) is 37.0 Å². The molecule has 1 aromatic carbocycles. The molecular weight excluding hydrogens is 347 g/mol. The lowest BCUT2D eigenvalue weighted by atomic mass is 10.0. The van der Waals surface area contributed by atoms with Crippen LogP contribution in [0, 0.1) is 0 Å². The molecule has 1 aromatic heterocycles. The molecule has 0 bridgehead atoms. The van der Waals surface area contributed by atoms with E-state index >= 15 is 0 Å². The lowest BCUT2D eigenvalue weighted by molar-refractivity contribution is 0.466. The Hall–Kier alpha value is -0.0900. The topological polar surface area (TPSA) is 17.8 Å². The zero-order valence-electron chi connectivity index (χ0n) is 12.4. The Morgan fingerprint density at radius 2 is 1.81 bits per heavy atom. The summed E-state index contributed by atoms with van der Waals surface area (Å²) in [7, 11) is 0. The third-order valence-electron chi connectivity index (χ3n) is 4.16. The van der Waals surface area contributed by atoms with E-state index in [1.54, 1.807) is 0 Å². The van der Waals surface area contributed by atoms with Crippen molar-refractivity contribution in [1.82, 2.24) is 9.55 Å². The summed E-state index contributed by atoms with van der Waals surface area (Å²) in [5.41, 5.74) is 1.85. The number of hydrogen-bond donors (Lipinski definition) is 0. The van der Waals surface area contributed by atoms with Gasteiger partial charge in [0.2, 0.25) is 0 Å². The summed E-state index contributed by atoms with van der Waals surface area (Å²) in [5, 5.41) is 1.08. The number of imidazole rings is 1. The minimum Gasteiger partial charge on any atom is -0.326 e. The lowest BCUT2D eigenvalue weighted by Crippen LogP contribution is -2.29. The number of rotatable bonds is 6. The number of halogens is 3. The third kappa shape index (κ3) is 3.31. The number of alkyl halides is 1. The molecule has 21 heavy (non-hydrogen) atoms. The maximum atomic E-state index is 6.17. The SMILES string of the molecule is CCC(CC)(Cn1c(CCl)nc2cc(Cl)c(Cl)cc21)SC. The maximum absolute atomic E-state index is 6.17. The van der Waals surface area contributed by atoms with E-state index in [4.69, 9.17) is 34.8 Å². The van der Waals surface area contributed by atoms with Gasteiger partial charge in [-0.3, -0.25) is 0 Å². The first-order chi connectivity index (χ1) is 10.00. The molecule has 0 unspecified atom stereocenters. The Kier molecular flexibility index (Phi) is 5.75. The Morgan fingerprint density at radius 3 is 2.33 bits per heavy atom. The monoisotopic (exact) mass is 364 g/mol. The number of thioether (sulfide) groups is 1. The smallest absolute Gasteiger partial charge is 0.124 e. The molecule has 6 heteroatoms. The van der Waals surface area contributed by atoms with Crippen LogP contribution in [-0.2, 0) is 12.4 Å². The van der Waals surface area contributed by atoms with Crippen LogP contribution in [0.15, 0.2) is 12.1 Å². The highest BCUT2D eigenvalue weighted by molar-refractivity contribution is 8.00. The largest absolute Gasteiger partial charge is 0.326 e. The van der Waals surface area contributed by atoms with Crippen LogP contribution >= 0.6 is 46.6 Å². The maximum Gasteiger partial charge on any atom is 0.124 e. The van der Waals surface area contributed by atoms with E-state index in [0.29, 0.717) is 15.9 Å². The standard InChI is InChI=1S/C15H19Cl3N2S/c1-4-15(5-2,21-3)9-20-13-7-11(18)10(17)6-12(13)19-14(20)8-16/h6-7H,4-5,8-9H2,1-3H3. The summed E-state index contributed by atoms with van der Waals surface area (Å²) in [6.07, 6.45) is 4.34. The molecule has 0 spiro atoms. The van der Waals surface area contributed by atoms with Gasteiger partial charge in [-0.15, -0.1) is 11.6 Å². The van der Waals surface area contributed by atoms with Gasteiger partial charge in [0.25, 0.3) is 0 Å². The van der Waals surface area contributed by atoms with Gasteiger partial charge in [0.05, 0.1) is 27.0 Å². The van der Waals surface area contributed by atoms with Gasteiger partial charge >= 0.3 is 0 Å². The van der Waals surface area contributed by atoms with Crippen LogP contribution < -0.4 is 0 Å². The van der Waals surface area contributed by atoms with E-state index in [9.17, 15) is 0 Å². The lowest BCUT2D eigenvalue weighted by Gasteiger charge is -2.31. The second-order valence-electron chi connectivity index (χ2n) is 5.10. The van der Waals surface area contributed by atoms with Gasteiger partial charge in [-0.2, -0.15) is 11.8 Å². The molecule has 0 aliphatic carbocycles. The van der Waals surface area contributed by atoms with E-state index in [1.165, 1.54) is 0 Å². The summed E-state index contributed by atoms with van der Waals surface area (Å²) >= 11 is 20.2. The normalized spacial score (nSPS) is 12.3. The molecule has 2 nitrogen and oxygen atoms in total. The summed E-state index contributed by atoms with van der Waals surface area (Å²) in [4.78, 5) is 4.60. The summed E-state index contributed by atoms with van der Waals surface area (Å²) < 4.78 is 2.37. The average Bonchev–Trinajstić information content (AvgIpc) is 2.82. The van der Waals surface area contributed by atoms with Crippen LogP contribution in [0.3, 0.4) is 0 Å². The molecule has 0 aliphatic heterocycles. The van der Waals surface area contributed by atoms with E-state index in [2.05, 4.69) is 29.7 Å². The van der Waals surface area contributed by atoms with Crippen LogP contribution in [0.4, 0.5) is 0 Å². The van der Waals surface area contributed by atoms with Gasteiger partial charge in [0.1, 0.15) is 5.82 Å². The molecule has 0 fully saturated rings. The summed E-state index contributed by atoms with van der Waals surface area (Å²) in [5.74, 6) is 1.24. The quantitative estimate of drug-likeness (QED) is 0.584. The minimum atomic E-state index is 0.181. The molecule has 0 amide bonds. The van der Waals surface area contributed by atoms with Crippen molar-refractivity contribution in [1.29, 1.82) is 0 Å². The van der Waals surface area contributed by atoms with Crippen molar-refractivity contribution in [2.24, 2.45) is 0 Å². The number of aromatic nitrogens is 2. The van der Waals surface area contributed by atoms with Crippen molar-refractivity contribution in [3.8, 4) is 0 Å². The number of fused-ring (bicyclic) bond motifs is 1. The molecule has 2 rings (SSSR count). The highest BCUT2D eigenvalue weighted by atomic mass is 35.5. The average molecular weight is 366 g/mol. The number of benzene rings is 1. The van der Waals surface area contributed by atoms with Gasteiger partial charge in [0.15, 0.2) is 0 Å². The van der Waals surface area contributed by atoms with Gasteiger partial charge in [-0.25, -0.2) is 4.98 Å². The van der Waals surface area contributed by atoms with Gasteiger partial charge in [0, 0.05) is 11.3 Å². The summed E-state index contributed by atoms with van der Waals surface area (Å²) in [6, 6.07) is 3.70. The fourth-order valence-electron chi connectivity index (χ4n) is 2.56. The van der Waals surface area contributed by atoms with Crippen LogP contribution in [0.25, 0.3) is 11.0 Å². The van der Waals surface area contributed by atoms with Crippen molar-refractivity contribution < 1.29 is 0 Å². The Labute approximate surface area is 145 Å². The van der Waals surface area contributed by atoms with Crippen molar-refractivity contribution >= 4 is 57.6 Å². The van der Waals surface area contributed by atoms with Gasteiger partial charge in [-0.05, 0) is 31.2 Å². The Morgan fingerprint density at radius 1 is 1.19 bits per heavy atom. The molecule has 1 heterocycles. The minimum absolute atomic E-state index is 0.181. The van der Waals surface area contributed by atoms with E-state index in [0.717, 1.165) is 36.2 Å². The third-order valence-corrected chi connectivity index (χ3v) is 6.69. The van der Waals surface area contributed by atoms with E-state index in [-0.39, 0.29) is 4.75 Å². The first kappa shape index (κ1) is 17.3. The first-order valence-corrected chi connectivity index (χ1v) is 9.47. The van der Waals surface area contributed by atoms with Crippen LogP contribution in [0.5, 0.6) is 0 Å². The van der Waals surface area contributed by atoms with Crippen molar-refractivity contribution in [2.75, 3.05) is 6.26 Å². The highest BCUT2D eigenvalue weighted by Gasteiger charge is 2.27. The molecule has 0 atom stereocenters. The predicted octanol–water partition coefficient (Wildman–Crippen LogP) is 6.00. The van der Waals surface area contributed by atoms with Crippen LogP contribution in [0.2, 0.25) is 10.0 Å². The van der Waals surface area contributed by atoms with Gasteiger partial charge < -0.3 is 4.57 Å². The summed E-state index contributed by atoms with van der Waals surface area (Å²) in [6.45, 7) is 5.32. The fraction of sp³-hybridized carbons (Fsp3) is 0.533. The molecule has 0 radical (unpaired) electrons. The predicted molar refractivity (Wildman–Crippen MR) is 96.1 cm³/mol. The highest BCUT2D eigenvalue weighted by Crippen LogP contribution is 2.35. The molecule has 0 saturated heterocycles. The van der Waals surface area contributed by atoms with E-state index in [1.807, 2.05) is 23.9 Å². The fourth-order valence-corrected chi connectivity index (χ4v) is 3.92. The second-order valence-corrected chi connectivity index (χ2v) is 7.45. The van der Waals surface area contributed by atoms with Crippen molar-refractivity contribution in [2.45, 2.75) is 43.9 Å².